The van der Waals surface area contributed by atoms with E-state index in [1.807, 2.05) is 4.90 Å². The molecule has 2 aliphatic rings. The van der Waals surface area contributed by atoms with Gasteiger partial charge in [0.05, 0.1) is 0 Å². The summed E-state index contributed by atoms with van der Waals surface area (Å²) in [6, 6.07) is 2.76. The smallest absolute Gasteiger partial charge is 0.219 e. The van der Waals surface area contributed by atoms with Crippen molar-refractivity contribution in [2.24, 2.45) is 0 Å². The number of aryl methyl sites for hydroxylation is 1. The molecule has 1 amide bonds. The molecule has 0 saturated carbocycles. The van der Waals surface area contributed by atoms with E-state index in [1.165, 1.54) is 12.8 Å². The molecule has 2 saturated heterocycles. The van der Waals surface area contributed by atoms with Gasteiger partial charge in [0.25, 0.3) is 0 Å². The highest BCUT2D eigenvalue weighted by Crippen LogP contribution is 2.16. The molecule has 6 nitrogen and oxygen atoms in total. The molecule has 0 unspecified atom stereocenters. The van der Waals surface area contributed by atoms with Crippen LogP contribution in [0.4, 0.5) is 5.82 Å². The molecule has 120 valence electrons. The van der Waals surface area contributed by atoms with Crippen LogP contribution in [-0.2, 0) is 11.2 Å². The van der Waals surface area contributed by atoms with E-state index in [0.29, 0.717) is 6.04 Å². The van der Waals surface area contributed by atoms with Crippen LogP contribution >= 0.6 is 0 Å². The minimum atomic E-state index is 0.159. The van der Waals surface area contributed by atoms with Gasteiger partial charge in [-0.1, -0.05) is 0 Å². The molecule has 1 aromatic rings. The number of hydrogen-bond acceptors (Lipinski definition) is 5. The van der Waals surface area contributed by atoms with E-state index >= 15 is 0 Å². The number of piperazine rings is 1. The average Bonchev–Trinajstić information content (AvgIpc) is 3.07. The fourth-order valence-corrected chi connectivity index (χ4v) is 3.27. The van der Waals surface area contributed by atoms with Gasteiger partial charge in [0.1, 0.15) is 12.1 Å². The number of anilines is 1. The van der Waals surface area contributed by atoms with Crippen molar-refractivity contribution in [1.29, 1.82) is 0 Å². The van der Waals surface area contributed by atoms with E-state index in [2.05, 4.69) is 26.3 Å². The first-order chi connectivity index (χ1) is 10.7. The maximum atomic E-state index is 11.4. The van der Waals surface area contributed by atoms with Gasteiger partial charge in [-0.3, -0.25) is 4.79 Å². The Kier molecular flexibility index (Phi) is 4.87. The van der Waals surface area contributed by atoms with Gasteiger partial charge in [0, 0.05) is 50.9 Å². The number of nitrogens with one attached hydrogen (secondary N) is 1. The minimum Gasteiger partial charge on any atom is -0.353 e. The quantitative estimate of drug-likeness (QED) is 0.893. The van der Waals surface area contributed by atoms with Gasteiger partial charge in [-0.15, -0.1) is 0 Å². The largest absolute Gasteiger partial charge is 0.353 e. The molecule has 0 radical (unpaired) electrons. The van der Waals surface area contributed by atoms with E-state index in [1.54, 1.807) is 13.3 Å². The van der Waals surface area contributed by atoms with Crippen LogP contribution in [0.5, 0.6) is 0 Å². The molecular weight excluding hydrogens is 278 g/mol. The molecule has 0 aromatic carbocycles. The van der Waals surface area contributed by atoms with E-state index in [4.69, 9.17) is 0 Å². The summed E-state index contributed by atoms with van der Waals surface area (Å²) in [5, 5.41) is 3.53. The predicted octanol–water partition coefficient (Wildman–Crippen LogP) is 0.830. The highest BCUT2D eigenvalue weighted by Gasteiger charge is 2.20. The second-order valence-corrected chi connectivity index (χ2v) is 6.19. The van der Waals surface area contributed by atoms with Gasteiger partial charge in [-0.05, 0) is 32.2 Å². The number of aromatic nitrogens is 2. The second kappa shape index (κ2) is 7.05. The Morgan fingerprint density at radius 2 is 2.14 bits per heavy atom. The lowest BCUT2D eigenvalue weighted by Gasteiger charge is -2.34. The Morgan fingerprint density at radius 3 is 2.82 bits per heavy atom. The number of hydrogen-bond donors (Lipinski definition) is 1. The van der Waals surface area contributed by atoms with Crippen molar-refractivity contribution >= 4 is 11.7 Å². The first kappa shape index (κ1) is 15.2. The zero-order chi connectivity index (χ0) is 15.4. The van der Waals surface area contributed by atoms with Crippen molar-refractivity contribution in [3.8, 4) is 0 Å². The van der Waals surface area contributed by atoms with Gasteiger partial charge in [-0.25, -0.2) is 9.97 Å². The van der Waals surface area contributed by atoms with Crippen LogP contribution in [-0.4, -0.2) is 59.5 Å². The number of nitrogens with zero attached hydrogens (tertiary/aromatic N) is 4. The zero-order valence-corrected chi connectivity index (χ0v) is 13.3. The van der Waals surface area contributed by atoms with Crippen molar-refractivity contribution < 1.29 is 4.79 Å². The molecule has 1 aromatic heterocycles. The lowest BCUT2D eigenvalue weighted by Crippen LogP contribution is -2.48. The van der Waals surface area contributed by atoms with Crippen LogP contribution in [0.3, 0.4) is 0 Å². The molecule has 3 heterocycles. The van der Waals surface area contributed by atoms with Crippen molar-refractivity contribution in [1.82, 2.24) is 20.2 Å². The van der Waals surface area contributed by atoms with Crippen LogP contribution in [0.1, 0.15) is 31.9 Å². The summed E-state index contributed by atoms with van der Waals surface area (Å²) in [5.41, 5.74) is 1.12. The van der Waals surface area contributed by atoms with E-state index < -0.39 is 0 Å². The Labute approximate surface area is 131 Å². The number of rotatable bonds is 4. The zero-order valence-electron chi connectivity index (χ0n) is 13.3. The highest BCUT2D eigenvalue weighted by molar-refractivity contribution is 5.73. The van der Waals surface area contributed by atoms with Crippen LogP contribution < -0.4 is 10.2 Å². The van der Waals surface area contributed by atoms with E-state index in [0.717, 1.165) is 57.1 Å². The van der Waals surface area contributed by atoms with Crippen molar-refractivity contribution in [3.63, 3.8) is 0 Å². The molecular formula is C16H25N5O. The molecule has 0 aliphatic carbocycles. The molecule has 6 heteroatoms. The predicted molar refractivity (Wildman–Crippen MR) is 85.8 cm³/mol. The molecule has 2 fully saturated rings. The molecule has 1 atom stereocenters. The third-order valence-corrected chi connectivity index (χ3v) is 4.67. The van der Waals surface area contributed by atoms with Crippen LogP contribution in [0.2, 0.25) is 0 Å². The maximum absolute atomic E-state index is 11.4. The Hall–Kier alpha value is -1.69. The van der Waals surface area contributed by atoms with Crippen LogP contribution in [0, 0.1) is 0 Å². The third-order valence-electron chi connectivity index (χ3n) is 4.67. The van der Waals surface area contributed by atoms with Crippen molar-refractivity contribution in [2.75, 3.05) is 37.6 Å². The summed E-state index contributed by atoms with van der Waals surface area (Å²) in [7, 11) is 0. The normalized spacial score (nSPS) is 22.1. The Balaban J connectivity index is 1.55. The van der Waals surface area contributed by atoms with E-state index in [-0.39, 0.29) is 5.91 Å². The first-order valence-electron chi connectivity index (χ1n) is 8.27. The van der Waals surface area contributed by atoms with Crippen LogP contribution in [0.15, 0.2) is 12.4 Å². The minimum absolute atomic E-state index is 0.159. The maximum Gasteiger partial charge on any atom is 0.219 e. The van der Waals surface area contributed by atoms with Gasteiger partial charge >= 0.3 is 0 Å². The molecule has 0 bridgehead atoms. The summed E-state index contributed by atoms with van der Waals surface area (Å²) in [5.74, 6) is 1.15. The number of carbonyl (C=O) groups excluding carboxylic acids is 1. The van der Waals surface area contributed by atoms with Gasteiger partial charge in [0.2, 0.25) is 5.91 Å². The lowest BCUT2D eigenvalue weighted by molar-refractivity contribution is -0.129. The monoisotopic (exact) mass is 303 g/mol. The standard InChI is InChI=1S/C16H25N5O/c1-13(22)20-7-9-21(10-8-20)16-11-15(18-12-19-16)5-4-14-3-2-6-17-14/h11-12,14,17H,2-10H2,1H3/t14-/m1/s1. The fourth-order valence-electron chi connectivity index (χ4n) is 3.27. The average molecular weight is 303 g/mol. The molecule has 2 aliphatic heterocycles. The summed E-state index contributed by atoms with van der Waals surface area (Å²) >= 11 is 0. The Morgan fingerprint density at radius 1 is 1.32 bits per heavy atom. The van der Waals surface area contributed by atoms with E-state index in [9.17, 15) is 4.79 Å². The lowest BCUT2D eigenvalue weighted by atomic mass is 10.1. The van der Waals surface area contributed by atoms with Crippen molar-refractivity contribution in [2.45, 2.75) is 38.6 Å². The third kappa shape index (κ3) is 3.74. The van der Waals surface area contributed by atoms with Gasteiger partial charge < -0.3 is 15.1 Å². The van der Waals surface area contributed by atoms with Crippen LogP contribution in [0.25, 0.3) is 0 Å². The SMILES string of the molecule is CC(=O)N1CCN(c2cc(CC[C@H]3CCCN3)ncn2)CC1. The second-order valence-electron chi connectivity index (χ2n) is 6.19. The summed E-state index contributed by atoms with van der Waals surface area (Å²) < 4.78 is 0. The van der Waals surface area contributed by atoms with Crippen molar-refractivity contribution in [3.05, 3.63) is 18.1 Å². The molecule has 3 rings (SSSR count). The highest BCUT2D eigenvalue weighted by atomic mass is 16.2. The van der Waals surface area contributed by atoms with Gasteiger partial charge in [0.15, 0.2) is 0 Å². The summed E-state index contributed by atoms with van der Waals surface area (Å²) in [4.78, 5) is 24.3. The number of carbonyl (C=O) groups is 1. The number of amides is 1. The Bertz CT molecular complexity index is 507. The summed E-state index contributed by atoms with van der Waals surface area (Å²) in [6.45, 7) is 6.04. The fraction of sp³-hybridized carbons (Fsp3) is 0.688. The molecule has 1 N–H and O–H groups in total. The first-order valence-corrected chi connectivity index (χ1v) is 8.27. The topological polar surface area (TPSA) is 61.4 Å². The molecule has 0 spiro atoms. The van der Waals surface area contributed by atoms with Gasteiger partial charge in [-0.2, -0.15) is 0 Å². The summed E-state index contributed by atoms with van der Waals surface area (Å²) in [6.07, 6.45) is 6.39. The molecule has 22 heavy (non-hydrogen) atoms.